The molecule has 1 unspecified atom stereocenters. The van der Waals surface area contributed by atoms with E-state index in [1.54, 1.807) is 0 Å². The van der Waals surface area contributed by atoms with Crippen molar-refractivity contribution in [2.75, 3.05) is 33.4 Å². The molecule has 0 spiro atoms. The van der Waals surface area contributed by atoms with E-state index in [-0.39, 0.29) is 31.4 Å². The molecule has 2 atom stereocenters. The molecule has 138 valence electrons. The zero-order valence-corrected chi connectivity index (χ0v) is 15.5. The Balaban J connectivity index is 1.99. The van der Waals surface area contributed by atoms with Crippen LogP contribution in [0.2, 0.25) is 0 Å². The van der Waals surface area contributed by atoms with Gasteiger partial charge in [0.15, 0.2) is 6.10 Å². The highest BCUT2D eigenvalue weighted by Gasteiger charge is 2.61. The number of nitrogens with zero attached hydrogens (tertiary/aromatic N) is 1. The van der Waals surface area contributed by atoms with Gasteiger partial charge in [-0.1, -0.05) is 20.3 Å². The summed E-state index contributed by atoms with van der Waals surface area (Å²) in [7, 11) is -1.90. The molecule has 0 aromatic carbocycles. The van der Waals surface area contributed by atoms with Crippen LogP contribution in [0.25, 0.3) is 0 Å². The Hall–Kier alpha value is -0.790. The standard InChI is InChI=1S/C15H27N2O6P/c1-15(2)11-22-24(20,17-9-5-4-6-10-17)23-13(15)14(19)16-8-7-12(18)21-3/h13,20H,4-11H2,1-3H3/p+1/t13-,24?/m0/s1. The second-order valence-corrected chi connectivity index (χ2v) is 8.89. The lowest BCUT2D eigenvalue weighted by molar-refractivity contribution is -0.143. The summed E-state index contributed by atoms with van der Waals surface area (Å²) in [6.45, 7) is 5.54. The molecule has 0 bridgehead atoms. The maximum Gasteiger partial charge on any atom is 0.502 e. The predicted molar refractivity (Wildman–Crippen MR) is 88.8 cm³/mol. The molecule has 2 aliphatic rings. The first-order chi connectivity index (χ1) is 11.3. The van der Waals surface area contributed by atoms with Crippen LogP contribution >= 0.6 is 8.09 Å². The van der Waals surface area contributed by atoms with Crippen LogP contribution in [0.1, 0.15) is 39.5 Å². The lowest BCUT2D eigenvalue weighted by atomic mass is 9.87. The molecule has 2 aliphatic heterocycles. The van der Waals surface area contributed by atoms with Gasteiger partial charge in [-0.3, -0.25) is 9.59 Å². The van der Waals surface area contributed by atoms with E-state index in [2.05, 4.69) is 10.1 Å². The normalized spacial score (nSPS) is 30.6. The summed E-state index contributed by atoms with van der Waals surface area (Å²) >= 11 is 0. The summed E-state index contributed by atoms with van der Waals surface area (Å²) in [5.74, 6) is -0.734. The molecular weight excluding hydrogens is 335 g/mol. The Bertz CT molecular complexity index is 469. The number of ether oxygens (including phenoxy) is 1. The second-order valence-electron chi connectivity index (χ2n) is 6.87. The summed E-state index contributed by atoms with van der Waals surface area (Å²) in [4.78, 5) is 34.5. The van der Waals surface area contributed by atoms with Gasteiger partial charge < -0.3 is 10.1 Å². The minimum atomic E-state index is -3.20. The fourth-order valence-corrected chi connectivity index (χ4v) is 5.10. The molecular formula is C15H28N2O6P+. The molecule has 0 aromatic heterocycles. The molecule has 2 rings (SSSR count). The average molecular weight is 363 g/mol. The van der Waals surface area contributed by atoms with Crippen LogP contribution in [0.5, 0.6) is 0 Å². The average Bonchev–Trinajstić information content (AvgIpc) is 2.57. The highest BCUT2D eigenvalue weighted by Crippen LogP contribution is 2.66. The van der Waals surface area contributed by atoms with Gasteiger partial charge in [0.05, 0.1) is 13.5 Å². The van der Waals surface area contributed by atoms with Crippen LogP contribution in [0.4, 0.5) is 0 Å². The second kappa shape index (κ2) is 8.06. The van der Waals surface area contributed by atoms with Crippen molar-refractivity contribution in [3.05, 3.63) is 0 Å². The molecule has 2 N–H and O–H groups in total. The lowest BCUT2D eigenvalue weighted by Gasteiger charge is -2.40. The van der Waals surface area contributed by atoms with Gasteiger partial charge in [-0.15, -0.1) is 9.19 Å². The van der Waals surface area contributed by atoms with Crippen molar-refractivity contribution in [2.24, 2.45) is 5.41 Å². The van der Waals surface area contributed by atoms with Crippen LogP contribution in [-0.2, 0) is 23.4 Å². The number of esters is 1. The van der Waals surface area contributed by atoms with Gasteiger partial charge in [0.2, 0.25) is 0 Å². The molecule has 0 aromatic rings. The maximum atomic E-state index is 12.5. The third kappa shape index (κ3) is 4.64. The number of rotatable bonds is 5. The van der Waals surface area contributed by atoms with Crippen molar-refractivity contribution >= 4 is 20.0 Å². The van der Waals surface area contributed by atoms with Crippen molar-refractivity contribution in [1.82, 2.24) is 9.99 Å². The van der Waals surface area contributed by atoms with Gasteiger partial charge in [-0.05, 0) is 12.8 Å². The number of methoxy groups -OCH3 is 1. The van der Waals surface area contributed by atoms with Crippen molar-refractivity contribution in [2.45, 2.75) is 45.6 Å². The van der Waals surface area contributed by atoms with E-state index in [1.165, 1.54) is 7.11 Å². The smallest absolute Gasteiger partial charge is 0.469 e. The predicted octanol–water partition coefficient (Wildman–Crippen LogP) is 1.26. The Morgan fingerprint density at radius 2 is 2.00 bits per heavy atom. The SMILES string of the molecule is COC(=O)CCNC(=O)[C@@H]1O[P+](O)(N2CCCCC2)OCC1(C)C. The maximum absolute atomic E-state index is 12.5. The van der Waals surface area contributed by atoms with E-state index in [1.807, 2.05) is 18.5 Å². The summed E-state index contributed by atoms with van der Waals surface area (Å²) in [6.07, 6.45) is 2.35. The lowest BCUT2D eigenvalue weighted by Crippen LogP contribution is -2.52. The van der Waals surface area contributed by atoms with Crippen LogP contribution < -0.4 is 5.32 Å². The minimum absolute atomic E-state index is 0.0947. The van der Waals surface area contributed by atoms with Crippen LogP contribution in [-0.4, -0.2) is 60.9 Å². The molecule has 9 heteroatoms. The van der Waals surface area contributed by atoms with Gasteiger partial charge >= 0.3 is 14.1 Å². The van der Waals surface area contributed by atoms with Gasteiger partial charge in [0.1, 0.15) is 6.61 Å². The molecule has 0 saturated carbocycles. The number of piperidine rings is 1. The molecule has 0 aliphatic carbocycles. The zero-order valence-electron chi connectivity index (χ0n) is 14.6. The largest absolute Gasteiger partial charge is 0.502 e. The van der Waals surface area contributed by atoms with Crippen LogP contribution in [0.3, 0.4) is 0 Å². The molecule has 2 saturated heterocycles. The minimum Gasteiger partial charge on any atom is -0.469 e. The molecule has 1 amide bonds. The quantitative estimate of drug-likeness (QED) is 0.561. The molecule has 24 heavy (non-hydrogen) atoms. The Labute approximate surface area is 143 Å². The summed E-state index contributed by atoms with van der Waals surface area (Å²) < 4.78 is 17.9. The number of nitrogens with one attached hydrogen (secondary N) is 1. The van der Waals surface area contributed by atoms with Crippen molar-refractivity contribution in [1.29, 1.82) is 0 Å². The van der Waals surface area contributed by atoms with Crippen LogP contribution in [0, 0.1) is 5.41 Å². The summed E-state index contributed by atoms with van der Waals surface area (Å²) in [5, 5.41) is 2.68. The number of carbonyl (C=O) groups excluding carboxylic acids is 2. The van der Waals surface area contributed by atoms with E-state index in [4.69, 9.17) is 9.05 Å². The third-order valence-electron chi connectivity index (χ3n) is 4.34. The first kappa shape index (κ1) is 19.5. The fraction of sp³-hybridized carbons (Fsp3) is 0.867. The zero-order chi connectivity index (χ0) is 17.8. The van der Waals surface area contributed by atoms with Gasteiger partial charge in [0, 0.05) is 25.0 Å². The molecule has 2 heterocycles. The Morgan fingerprint density at radius 3 is 2.62 bits per heavy atom. The topological polar surface area (TPSA) is 97.3 Å². The summed E-state index contributed by atoms with van der Waals surface area (Å²) in [5.41, 5.74) is -0.572. The van der Waals surface area contributed by atoms with Crippen molar-refractivity contribution < 1.29 is 28.3 Å². The molecule has 2 fully saturated rings. The first-order valence-corrected chi connectivity index (χ1v) is 9.86. The van der Waals surface area contributed by atoms with Crippen molar-refractivity contribution in [3.8, 4) is 0 Å². The highest BCUT2D eigenvalue weighted by atomic mass is 31.2. The third-order valence-corrected chi connectivity index (χ3v) is 6.41. The molecule has 8 nitrogen and oxygen atoms in total. The Morgan fingerprint density at radius 1 is 1.33 bits per heavy atom. The Kier molecular flexibility index (Phi) is 6.56. The van der Waals surface area contributed by atoms with E-state index >= 15 is 0 Å². The van der Waals surface area contributed by atoms with E-state index in [0.29, 0.717) is 13.1 Å². The number of amides is 1. The summed E-state index contributed by atoms with van der Waals surface area (Å²) in [6, 6.07) is 0. The number of hydrogen-bond acceptors (Lipinski definition) is 7. The van der Waals surface area contributed by atoms with E-state index in [0.717, 1.165) is 19.3 Å². The van der Waals surface area contributed by atoms with E-state index < -0.39 is 19.6 Å². The highest BCUT2D eigenvalue weighted by molar-refractivity contribution is 7.58. The first-order valence-electron chi connectivity index (χ1n) is 8.33. The number of carbonyl (C=O) groups is 2. The number of hydrogen-bond donors (Lipinski definition) is 2. The van der Waals surface area contributed by atoms with Gasteiger partial charge in [-0.25, -0.2) is 0 Å². The monoisotopic (exact) mass is 363 g/mol. The molecule has 0 radical (unpaired) electrons. The van der Waals surface area contributed by atoms with Crippen molar-refractivity contribution in [3.63, 3.8) is 0 Å². The van der Waals surface area contributed by atoms with Gasteiger partial charge in [-0.2, -0.15) is 9.42 Å². The fourth-order valence-electron chi connectivity index (χ4n) is 2.80. The van der Waals surface area contributed by atoms with E-state index in [9.17, 15) is 14.5 Å². The van der Waals surface area contributed by atoms with Crippen LogP contribution in [0.15, 0.2) is 0 Å². The van der Waals surface area contributed by atoms with Gasteiger partial charge in [0.25, 0.3) is 5.91 Å².